The number of nitrogens with zero attached hydrogens (tertiary/aromatic N) is 2. The van der Waals surface area contributed by atoms with E-state index >= 15 is 4.39 Å². The molecule has 194 valence electrons. The fourth-order valence-corrected chi connectivity index (χ4v) is 5.16. The maximum Gasteiger partial charge on any atom is 0.435 e. The number of alkyl halides is 4. The largest absolute Gasteiger partial charge is 0.435 e. The van der Waals surface area contributed by atoms with E-state index in [1.165, 1.54) is 24.3 Å². The molecular weight excluding hydrogens is 554 g/mol. The first kappa shape index (κ1) is 26.6. The van der Waals surface area contributed by atoms with E-state index in [1.807, 2.05) is 0 Å². The minimum Gasteiger partial charge on any atom is -0.374 e. The highest BCUT2D eigenvalue weighted by Crippen LogP contribution is 2.50. The molecule has 1 atom stereocenters. The zero-order valence-electron chi connectivity index (χ0n) is 18.4. The predicted molar refractivity (Wildman–Crippen MR) is 122 cm³/mol. The third-order valence-corrected chi connectivity index (χ3v) is 7.31. The van der Waals surface area contributed by atoms with Gasteiger partial charge in [-0.3, -0.25) is 4.79 Å². The number of carbonyl (C=O) groups is 1. The molecule has 0 aromatic heterocycles. The second kappa shape index (κ2) is 8.84. The number of amides is 1. The van der Waals surface area contributed by atoms with E-state index < -0.39 is 66.8 Å². The Balaban J connectivity index is 1.52. The Hall–Kier alpha value is -2.44. The van der Waals surface area contributed by atoms with Gasteiger partial charge in [-0.2, -0.15) is 13.2 Å². The van der Waals surface area contributed by atoms with E-state index in [-0.39, 0.29) is 29.9 Å². The molecule has 2 aliphatic heterocycles. The molecule has 2 heterocycles. The minimum atomic E-state index is -4.97. The lowest BCUT2D eigenvalue weighted by atomic mass is 9.85. The van der Waals surface area contributed by atoms with Crippen LogP contribution < -0.4 is 0 Å². The molecule has 1 saturated heterocycles. The van der Waals surface area contributed by atoms with Crippen LogP contribution in [-0.4, -0.2) is 56.2 Å². The number of likely N-dealkylation sites (tertiary alicyclic amines) is 1. The van der Waals surface area contributed by atoms with Crippen LogP contribution in [-0.2, 0) is 30.7 Å². The highest BCUT2D eigenvalue weighted by atomic mass is 35.5. The van der Waals surface area contributed by atoms with Crippen LogP contribution >= 0.6 is 23.2 Å². The summed E-state index contributed by atoms with van der Waals surface area (Å²) in [5.74, 6) is -2.51. The number of hydrogen-bond acceptors (Lipinski definition) is 5. The second-order valence-electron chi connectivity index (χ2n) is 8.75. The van der Waals surface area contributed by atoms with Gasteiger partial charge in [-0.05, 0) is 23.3 Å². The van der Waals surface area contributed by atoms with Gasteiger partial charge in [0.1, 0.15) is 5.75 Å². The molecule has 6 nitrogen and oxygen atoms in total. The molecule has 14 heteroatoms. The fraction of sp³-hybridized carbons (Fsp3) is 0.364. The number of benzene rings is 2. The van der Waals surface area contributed by atoms with Crippen molar-refractivity contribution in [1.82, 2.24) is 4.90 Å². The standard InChI is InChI=1S/C22H17Cl2F5N2O4S/c1-36(33,34)9-18(32)31-10-20(26,11-31)13-4-2-12(3-5-13)17-8-21(35-30-17,22(27,28)29)14-6-15(23)19(25)16(24)7-14/h2-7H,8-11H2,1H3. The molecule has 1 unspecified atom stereocenters. The molecule has 2 aromatic carbocycles. The van der Waals surface area contributed by atoms with Gasteiger partial charge in [0.05, 0.1) is 28.8 Å². The lowest BCUT2D eigenvalue weighted by Crippen LogP contribution is -2.59. The predicted octanol–water partition coefficient (Wildman–Crippen LogP) is 4.77. The Kier molecular flexibility index (Phi) is 6.54. The van der Waals surface area contributed by atoms with Crippen LogP contribution in [0.1, 0.15) is 23.1 Å². The molecule has 0 radical (unpaired) electrons. The van der Waals surface area contributed by atoms with Crippen molar-refractivity contribution in [2.24, 2.45) is 5.16 Å². The summed E-state index contributed by atoms with van der Waals surface area (Å²) in [6, 6.07) is 6.95. The van der Waals surface area contributed by atoms with E-state index in [0.29, 0.717) is 0 Å². The minimum absolute atomic E-state index is 0.0954. The van der Waals surface area contributed by atoms with E-state index in [2.05, 4.69) is 5.16 Å². The van der Waals surface area contributed by atoms with Gasteiger partial charge >= 0.3 is 6.18 Å². The highest BCUT2D eigenvalue weighted by molar-refractivity contribution is 7.91. The van der Waals surface area contributed by atoms with Crippen molar-refractivity contribution in [2.45, 2.75) is 23.9 Å². The molecule has 1 fully saturated rings. The number of hydrogen-bond donors (Lipinski definition) is 0. The topological polar surface area (TPSA) is 76.0 Å². The number of carbonyl (C=O) groups excluding carboxylic acids is 1. The summed E-state index contributed by atoms with van der Waals surface area (Å²) in [6.45, 7) is -0.706. The third-order valence-electron chi connectivity index (χ3n) is 5.99. The van der Waals surface area contributed by atoms with Crippen molar-refractivity contribution in [3.05, 3.63) is 69.0 Å². The van der Waals surface area contributed by atoms with E-state index in [4.69, 9.17) is 28.0 Å². The Bertz CT molecular complexity index is 1340. The molecule has 36 heavy (non-hydrogen) atoms. The lowest BCUT2D eigenvalue weighted by Gasteiger charge is -2.44. The van der Waals surface area contributed by atoms with Crippen molar-refractivity contribution >= 4 is 44.7 Å². The molecule has 0 spiro atoms. The lowest BCUT2D eigenvalue weighted by molar-refractivity contribution is -0.275. The van der Waals surface area contributed by atoms with Gasteiger partial charge in [0.25, 0.3) is 5.60 Å². The Morgan fingerprint density at radius 2 is 1.67 bits per heavy atom. The molecular formula is C22H17Cl2F5N2O4S. The summed E-state index contributed by atoms with van der Waals surface area (Å²) in [7, 11) is -3.56. The van der Waals surface area contributed by atoms with Crippen molar-refractivity contribution in [2.75, 3.05) is 25.1 Å². The average molecular weight is 571 g/mol. The van der Waals surface area contributed by atoms with Gasteiger partial charge in [-0.1, -0.05) is 52.6 Å². The van der Waals surface area contributed by atoms with Gasteiger partial charge in [-0.15, -0.1) is 0 Å². The second-order valence-corrected chi connectivity index (χ2v) is 11.7. The number of oxime groups is 1. The summed E-state index contributed by atoms with van der Waals surface area (Å²) >= 11 is 11.4. The molecule has 0 saturated carbocycles. The van der Waals surface area contributed by atoms with Crippen LogP contribution in [0, 0.1) is 5.82 Å². The average Bonchev–Trinajstić information content (AvgIpc) is 3.21. The van der Waals surface area contributed by atoms with E-state index in [0.717, 1.165) is 23.3 Å². The van der Waals surface area contributed by atoms with Gasteiger partial charge in [-0.25, -0.2) is 17.2 Å². The maximum atomic E-state index is 15.2. The quantitative estimate of drug-likeness (QED) is 0.383. The third kappa shape index (κ3) is 4.78. The first-order valence-electron chi connectivity index (χ1n) is 10.3. The van der Waals surface area contributed by atoms with Crippen LogP contribution in [0.25, 0.3) is 0 Å². The molecule has 1 amide bonds. The summed E-state index contributed by atoms with van der Waals surface area (Å²) in [6.07, 6.45) is -4.85. The van der Waals surface area contributed by atoms with Crippen molar-refractivity contribution < 1.29 is 40.0 Å². The van der Waals surface area contributed by atoms with Crippen LogP contribution in [0.4, 0.5) is 22.0 Å². The van der Waals surface area contributed by atoms with Gasteiger partial charge < -0.3 is 9.74 Å². The Labute approximate surface area is 212 Å². The summed E-state index contributed by atoms with van der Waals surface area (Å²) in [4.78, 5) is 17.9. The van der Waals surface area contributed by atoms with Gasteiger partial charge in [0, 0.05) is 18.2 Å². The van der Waals surface area contributed by atoms with Gasteiger partial charge in [0.15, 0.2) is 21.3 Å². The molecule has 0 N–H and O–H groups in total. The number of sulfone groups is 1. The van der Waals surface area contributed by atoms with Gasteiger partial charge in [0.2, 0.25) is 5.91 Å². The monoisotopic (exact) mass is 570 g/mol. The first-order chi connectivity index (χ1) is 16.5. The van der Waals surface area contributed by atoms with Crippen LogP contribution in [0.15, 0.2) is 41.6 Å². The normalized spacial score (nSPS) is 21.6. The maximum absolute atomic E-state index is 15.2. The van der Waals surface area contributed by atoms with E-state index in [1.54, 1.807) is 0 Å². The summed E-state index contributed by atoms with van der Waals surface area (Å²) < 4.78 is 93.9. The van der Waals surface area contributed by atoms with Crippen molar-refractivity contribution in [1.29, 1.82) is 0 Å². The summed E-state index contributed by atoms with van der Waals surface area (Å²) in [5, 5.41) is 2.37. The highest BCUT2D eigenvalue weighted by Gasteiger charge is 2.62. The van der Waals surface area contributed by atoms with Crippen LogP contribution in [0.5, 0.6) is 0 Å². The zero-order valence-corrected chi connectivity index (χ0v) is 20.7. The first-order valence-corrected chi connectivity index (χ1v) is 13.1. The molecule has 2 aliphatic rings. The van der Waals surface area contributed by atoms with Crippen molar-refractivity contribution in [3.8, 4) is 0 Å². The molecule has 0 aliphatic carbocycles. The molecule has 2 aromatic rings. The van der Waals surface area contributed by atoms with Crippen LogP contribution in [0.2, 0.25) is 10.0 Å². The van der Waals surface area contributed by atoms with E-state index in [9.17, 15) is 30.8 Å². The SMILES string of the molecule is CS(=O)(=O)CC(=O)N1CC(F)(c2ccc(C3=NOC(c4cc(Cl)c(F)c(Cl)c4)(C(F)(F)F)C3)cc2)C1. The Morgan fingerprint density at radius 1 is 1.11 bits per heavy atom. The number of halogens is 7. The molecule has 4 rings (SSSR count). The Morgan fingerprint density at radius 3 is 2.17 bits per heavy atom. The van der Waals surface area contributed by atoms with Crippen LogP contribution in [0.3, 0.4) is 0 Å². The van der Waals surface area contributed by atoms with Crippen molar-refractivity contribution in [3.63, 3.8) is 0 Å². The summed E-state index contributed by atoms with van der Waals surface area (Å²) in [5.41, 5.74) is -5.14. The zero-order chi connectivity index (χ0) is 26.7. The molecule has 0 bridgehead atoms. The number of rotatable bonds is 5. The smallest absolute Gasteiger partial charge is 0.374 e. The fourth-order valence-electron chi connectivity index (χ4n) is 4.04.